The fraction of sp³-hybridized carbons (Fsp3) is 0.759. The minimum atomic E-state index is -4.74. The van der Waals surface area contributed by atoms with E-state index in [4.69, 9.17) is 23.3 Å². The molecular formula is C54H95O11P. The van der Waals surface area contributed by atoms with Crippen LogP contribution in [0.2, 0.25) is 0 Å². The Labute approximate surface area is 402 Å². The Kier molecular flexibility index (Phi) is 46.6. The van der Waals surface area contributed by atoms with Gasteiger partial charge in [0.05, 0.1) is 19.8 Å². The van der Waals surface area contributed by atoms with Crippen molar-refractivity contribution in [3.8, 4) is 0 Å². The van der Waals surface area contributed by atoms with Crippen LogP contribution in [0.5, 0.6) is 0 Å². The molecule has 0 rings (SSSR count). The van der Waals surface area contributed by atoms with Crippen molar-refractivity contribution < 1.29 is 52.2 Å². The van der Waals surface area contributed by atoms with Gasteiger partial charge in [0.1, 0.15) is 12.7 Å². The molecule has 0 bridgehead atoms. The third-order valence-corrected chi connectivity index (χ3v) is 11.9. The Morgan fingerprint density at radius 3 is 1.21 bits per heavy atom. The standard InChI is InChI=1S/C54H95O11P/c1-4-7-10-13-16-19-21-22-23-24-25-26-27-28-30-33-36-39-42-45-54(58)65-51(47-61-52(56)43-40-37-34-31-18-15-12-9-6-3)49-63-66(59,60)62-48-50(46-55)64-53(57)44-41-38-35-32-29-20-17-14-11-8-5-2/h7,10,16,19,22-23,25-26,28,30,50-51,55H,4-6,8-9,11-15,17-18,20-21,24,27,29,31-49H2,1-3H3,(H,59,60)/b10-7-,19-16-,23-22-,26-25-,30-28-. The summed E-state index contributed by atoms with van der Waals surface area (Å²) >= 11 is 0. The number of hydrogen-bond acceptors (Lipinski definition) is 10. The van der Waals surface area contributed by atoms with E-state index in [1.807, 2.05) is 0 Å². The Morgan fingerprint density at radius 2 is 0.788 bits per heavy atom. The highest BCUT2D eigenvalue weighted by Crippen LogP contribution is 2.43. The molecule has 0 aromatic heterocycles. The van der Waals surface area contributed by atoms with Gasteiger partial charge in [-0.3, -0.25) is 23.4 Å². The number of esters is 3. The summed E-state index contributed by atoms with van der Waals surface area (Å²) in [4.78, 5) is 48.2. The molecular weight excluding hydrogens is 856 g/mol. The maximum absolute atomic E-state index is 12.8. The number of aliphatic hydroxyl groups excluding tert-OH is 1. The quantitative estimate of drug-likeness (QED) is 0.0197. The predicted octanol–water partition coefficient (Wildman–Crippen LogP) is 14.8. The lowest BCUT2D eigenvalue weighted by Crippen LogP contribution is -2.30. The molecule has 0 radical (unpaired) electrons. The van der Waals surface area contributed by atoms with Crippen LogP contribution in [0.3, 0.4) is 0 Å². The van der Waals surface area contributed by atoms with Crippen molar-refractivity contribution in [3.63, 3.8) is 0 Å². The maximum Gasteiger partial charge on any atom is 0.472 e. The van der Waals surface area contributed by atoms with E-state index in [0.717, 1.165) is 89.9 Å². The van der Waals surface area contributed by atoms with Crippen LogP contribution in [-0.2, 0) is 42.2 Å². The summed E-state index contributed by atoms with van der Waals surface area (Å²) in [6.45, 7) is 4.45. The first-order valence-corrected chi connectivity index (χ1v) is 27.7. The number of carbonyl (C=O) groups excluding carboxylic acids is 3. The van der Waals surface area contributed by atoms with Crippen molar-refractivity contribution in [2.45, 2.75) is 238 Å². The normalized spacial score (nSPS) is 14.0. The number of ether oxygens (including phenoxy) is 3. The van der Waals surface area contributed by atoms with Crippen LogP contribution >= 0.6 is 7.82 Å². The molecule has 11 nitrogen and oxygen atoms in total. The van der Waals surface area contributed by atoms with E-state index >= 15 is 0 Å². The lowest BCUT2D eigenvalue weighted by molar-refractivity contribution is -0.161. The summed E-state index contributed by atoms with van der Waals surface area (Å²) in [5, 5.41) is 9.75. The van der Waals surface area contributed by atoms with E-state index in [1.165, 1.54) is 77.0 Å². The predicted molar refractivity (Wildman–Crippen MR) is 270 cm³/mol. The Bertz CT molecular complexity index is 1340. The molecule has 0 saturated heterocycles. The van der Waals surface area contributed by atoms with E-state index < -0.39 is 57.8 Å². The van der Waals surface area contributed by atoms with Gasteiger partial charge in [-0.1, -0.05) is 204 Å². The van der Waals surface area contributed by atoms with Gasteiger partial charge in [-0.25, -0.2) is 4.57 Å². The minimum absolute atomic E-state index is 0.130. The monoisotopic (exact) mass is 951 g/mol. The average Bonchev–Trinajstić information content (AvgIpc) is 3.30. The van der Waals surface area contributed by atoms with Crippen molar-refractivity contribution in [1.29, 1.82) is 0 Å². The maximum atomic E-state index is 12.8. The van der Waals surface area contributed by atoms with Crippen molar-refractivity contribution in [2.24, 2.45) is 0 Å². The highest BCUT2D eigenvalue weighted by molar-refractivity contribution is 7.47. The first-order valence-electron chi connectivity index (χ1n) is 26.2. The van der Waals surface area contributed by atoms with Gasteiger partial charge in [-0.15, -0.1) is 0 Å². The van der Waals surface area contributed by atoms with Crippen LogP contribution in [0.15, 0.2) is 60.8 Å². The van der Waals surface area contributed by atoms with Gasteiger partial charge in [0, 0.05) is 19.3 Å². The van der Waals surface area contributed by atoms with Gasteiger partial charge < -0.3 is 24.2 Å². The third kappa shape index (κ3) is 46.3. The Balaban J connectivity index is 4.75. The SMILES string of the molecule is CC/C=C\C/C=C\C/C=C\C/C=C\C/C=C\CCCCCC(=O)OC(COC(=O)CCCCCCCCCCC)COP(=O)(O)OCC(CO)OC(=O)CCCCCCCCCCCCC. The molecule has 2 N–H and O–H groups in total. The van der Waals surface area contributed by atoms with E-state index in [2.05, 4.69) is 81.5 Å². The summed E-state index contributed by atoms with van der Waals surface area (Å²) in [5.74, 6) is -1.50. The van der Waals surface area contributed by atoms with Crippen LogP contribution in [0, 0.1) is 0 Å². The lowest BCUT2D eigenvalue weighted by Gasteiger charge is -2.21. The second-order valence-electron chi connectivity index (χ2n) is 17.3. The minimum Gasteiger partial charge on any atom is -0.462 e. The molecule has 382 valence electrons. The third-order valence-electron chi connectivity index (χ3n) is 11.0. The number of rotatable bonds is 48. The largest absolute Gasteiger partial charge is 0.472 e. The molecule has 0 heterocycles. The van der Waals surface area contributed by atoms with Crippen LogP contribution < -0.4 is 0 Å². The van der Waals surface area contributed by atoms with Gasteiger partial charge in [-0.2, -0.15) is 0 Å². The van der Waals surface area contributed by atoms with Gasteiger partial charge >= 0.3 is 25.7 Å². The molecule has 12 heteroatoms. The van der Waals surface area contributed by atoms with E-state index in [-0.39, 0.29) is 25.9 Å². The molecule has 0 aliphatic carbocycles. The number of allylic oxidation sites excluding steroid dienone is 10. The fourth-order valence-electron chi connectivity index (χ4n) is 6.97. The van der Waals surface area contributed by atoms with E-state index in [1.54, 1.807) is 0 Å². The molecule has 0 fully saturated rings. The topological polar surface area (TPSA) is 155 Å². The number of phosphoric ester groups is 1. The highest BCUT2D eigenvalue weighted by Gasteiger charge is 2.28. The lowest BCUT2D eigenvalue weighted by atomic mass is 10.1. The van der Waals surface area contributed by atoms with E-state index in [0.29, 0.717) is 19.3 Å². The molecule has 0 amide bonds. The van der Waals surface area contributed by atoms with Crippen molar-refractivity contribution in [3.05, 3.63) is 60.8 Å². The number of hydrogen-bond donors (Lipinski definition) is 2. The van der Waals surface area contributed by atoms with Crippen LogP contribution in [-0.4, -0.2) is 66.5 Å². The molecule has 3 unspecified atom stereocenters. The van der Waals surface area contributed by atoms with Crippen LogP contribution in [0.1, 0.15) is 226 Å². The zero-order chi connectivity index (χ0) is 48.4. The van der Waals surface area contributed by atoms with Gasteiger partial charge in [0.15, 0.2) is 6.10 Å². The van der Waals surface area contributed by atoms with Crippen LogP contribution in [0.25, 0.3) is 0 Å². The molecule has 0 aromatic carbocycles. The Morgan fingerprint density at radius 1 is 0.439 bits per heavy atom. The summed E-state index contributed by atoms with van der Waals surface area (Å²) < 4.78 is 39.3. The number of aliphatic hydroxyl groups is 1. The average molecular weight is 951 g/mol. The molecule has 0 saturated carbocycles. The molecule has 0 aliphatic rings. The van der Waals surface area contributed by atoms with Gasteiger partial charge in [-0.05, 0) is 64.2 Å². The molecule has 66 heavy (non-hydrogen) atoms. The first kappa shape index (κ1) is 63.2. The fourth-order valence-corrected chi connectivity index (χ4v) is 7.75. The number of carbonyl (C=O) groups is 3. The van der Waals surface area contributed by atoms with Gasteiger partial charge in [0.25, 0.3) is 0 Å². The molecule has 0 spiro atoms. The van der Waals surface area contributed by atoms with Gasteiger partial charge in [0.2, 0.25) is 0 Å². The first-order chi connectivity index (χ1) is 32.2. The highest BCUT2D eigenvalue weighted by atomic mass is 31.2. The summed E-state index contributed by atoms with van der Waals surface area (Å²) in [7, 11) is -4.74. The number of phosphoric acid groups is 1. The molecule has 0 aliphatic heterocycles. The summed E-state index contributed by atoms with van der Waals surface area (Å²) in [5.41, 5.74) is 0. The van der Waals surface area contributed by atoms with Crippen molar-refractivity contribution >= 4 is 25.7 Å². The zero-order valence-corrected chi connectivity index (χ0v) is 42.8. The van der Waals surface area contributed by atoms with Crippen LogP contribution in [0.4, 0.5) is 0 Å². The van der Waals surface area contributed by atoms with Crippen molar-refractivity contribution in [1.82, 2.24) is 0 Å². The Hall–Kier alpha value is -2.82. The summed E-state index contributed by atoms with van der Waals surface area (Å²) in [6, 6.07) is 0. The molecule has 3 atom stereocenters. The summed E-state index contributed by atoms with van der Waals surface area (Å²) in [6.07, 6.45) is 50.6. The zero-order valence-electron chi connectivity index (χ0n) is 41.9. The number of unbranched alkanes of at least 4 members (excludes halogenated alkanes) is 21. The second-order valence-corrected chi connectivity index (χ2v) is 18.8. The van der Waals surface area contributed by atoms with Crippen molar-refractivity contribution in [2.75, 3.05) is 26.4 Å². The smallest absolute Gasteiger partial charge is 0.462 e. The second kappa shape index (κ2) is 48.6. The van der Waals surface area contributed by atoms with E-state index in [9.17, 15) is 28.9 Å². The molecule has 0 aromatic rings.